The highest BCUT2D eigenvalue weighted by molar-refractivity contribution is 5.85. The Morgan fingerprint density at radius 1 is 1.18 bits per heavy atom. The zero-order chi connectivity index (χ0) is 15.5. The number of likely N-dealkylation sites (tertiary alicyclic amines) is 1. The number of amides is 2. The fraction of sp³-hybridized carbons (Fsp3) is 0.875. The molecule has 1 unspecified atom stereocenters. The molecule has 0 aromatic rings. The van der Waals surface area contributed by atoms with Gasteiger partial charge in [0.15, 0.2) is 0 Å². The third kappa shape index (κ3) is 4.85. The molecule has 128 valence electrons. The molecule has 1 aliphatic heterocycles. The van der Waals surface area contributed by atoms with Crippen molar-refractivity contribution in [2.75, 3.05) is 19.6 Å². The minimum atomic E-state index is -0.312. The van der Waals surface area contributed by atoms with Gasteiger partial charge in [-0.1, -0.05) is 13.8 Å². The van der Waals surface area contributed by atoms with Gasteiger partial charge in [-0.3, -0.25) is 9.59 Å². The van der Waals surface area contributed by atoms with Crippen LogP contribution in [-0.2, 0) is 9.59 Å². The first-order valence-electron chi connectivity index (χ1n) is 8.34. The third-order valence-electron chi connectivity index (χ3n) is 5.05. The van der Waals surface area contributed by atoms with Crippen LogP contribution >= 0.6 is 12.4 Å². The van der Waals surface area contributed by atoms with Gasteiger partial charge < -0.3 is 16.0 Å². The highest BCUT2D eigenvalue weighted by Gasteiger charge is 2.36. The minimum absolute atomic E-state index is 0. The van der Waals surface area contributed by atoms with Gasteiger partial charge in [-0.2, -0.15) is 0 Å². The molecule has 1 saturated heterocycles. The highest BCUT2D eigenvalue weighted by atomic mass is 35.5. The van der Waals surface area contributed by atoms with Crippen molar-refractivity contribution in [2.24, 2.45) is 17.6 Å². The molecule has 1 saturated carbocycles. The van der Waals surface area contributed by atoms with Crippen LogP contribution in [0.15, 0.2) is 0 Å². The van der Waals surface area contributed by atoms with Gasteiger partial charge in [0.2, 0.25) is 11.8 Å². The first-order chi connectivity index (χ1) is 9.99. The summed E-state index contributed by atoms with van der Waals surface area (Å²) in [5.74, 6) is 0.478. The van der Waals surface area contributed by atoms with Crippen LogP contribution in [0.1, 0.15) is 52.4 Å². The summed E-state index contributed by atoms with van der Waals surface area (Å²) in [5.41, 5.74) is 5.91. The maximum absolute atomic E-state index is 12.3. The average Bonchev–Trinajstić information content (AvgIpc) is 3.36. The molecule has 0 aromatic heterocycles. The number of rotatable bonds is 6. The second-order valence-electron chi connectivity index (χ2n) is 6.68. The Morgan fingerprint density at radius 3 is 2.36 bits per heavy atom. The van der Waals surface area contributed by atoms with E-state index in [0.29, 0.717) is 13.1 Å². The molecule has 0 aromatic carbocycles. The number of piperidine rings is 1. The Morgan fingerprint density at radius 2 is 1.82 bits per heavy atom. The zero-order valence-corrected chi connectivity index (χ0v) is 14.6. The first kappa shape index (κ1) is 19.2. The van der Waals surface area contributed by atoms with Crippen LogP contribution in [-0.4, -0.2) is 41.9 Å². The molecule has 2 aliphatic rings. The fourth-order valence-electron chi connectivity index (χ4n) is 2.89. The molecular formula is C16H30ClN3O2. The van der Waals surface area contributed by atoms with Gasteiger partial charge in [0.25, 0.3) is 0 Å². The number of hydrogen-bond donors (Lipinski definition) is 2. The van der Waals surface area contributed by atoms with E-state index in [9.17, 15) is 9.59 Å². The minimum Gasteiger partial charge on any atom is -0.354 e. The van der Waals surface area contributed by atoms with Crippen molar-refractivity contribution in [2.45, 2.75) is 57.9 Å². The molecule has 5 nitrogen and oxygen atoms in total. The molecule has 2 rings (SSSR count). The summed E-state index contributed by atoms with van der Waals surface area (Å²) in [7, 11) is 0. The second kappa shape index (κ2) is 8.16. The first-order valence-corrected chi connectivity index (χ1v) is 8.34. The van der Waals surface area contributed by atoms with E-state index >= 15 is 0 Å². The Balaban J connectivity index is 0.00000242. The van der Waals surface area contributed by atoms with Crippen LogP contribution < -0.4 is 11.1 Å². The predicted octanol–water partition coefficient (Wildman–Crippen LogP) is 1.69. The van der Waals surface area contributed by atoms with Crippen LogP contribution in [0.5, 0.6) is 0 Å². The molecule has 22 heavy (non-hydrogen) atoms. The average molecular weight is 332 g/mol. The number of nitrogens with one attached hydrogen (secondary N) is 1. The van der Waals surface area contributed by atoms with Crippen molar-refractivity contribution in [1.29, 1.82) is 0 Å². The van der Waals surface area contributed by atoms with Crippen LogP contribution in [0, 0.1) is 11.8 Å². The zero-order valence-electron chi connectivity index (χ0n) is 13.8. The standard InChI is InChI=1S/C16H29N3O2.ClH/c1-3-16(17,4-2)11-18-14(20)13-6-5-9-19(10-13)15(21)12-7-8-12;/h12-13H,3-11,17H2,1-2H3,(H,18,20);1H. The summed E-state index contributed by atoms with van der Waals surface area (Å²) in [6.45, 7) is 6.01. The number of carbonyl (C=O) groups excluding carboxylic acids is 2. The van der Waals surface area contributed by atoms with Crippen molar-refractivity contribution >= 4 is 24.2 Å². The lowest BCUT2D eigenvalue weighted by molar-refractivity contribution is -0.136. The van der Waals surface area contributed by atoms with Crippen molar-refractivity contribution in [1.82, 2.24) is 10.2 Å². The van der Waals surface area contributed by atoms with Crippen LogP contribution in [0.25, 0.3) is 0 Å². The molecule has 2 amide bonds. The molecular weight excluding hydrogens is 302 g/mol. The predicted molar refractivity (Wildman–Crippen MR) is 89.8 cm³/mol. The summed E-state index contributed by atoms with van der Waals surface area (Å²) >= 11 is 0. The van der Waals surface area contributed by atoms with E-state index in [-0.39, 0.29) is 41.6 Å². The van der Waals surface area contributed by atoms with E-state index in [1.807, 2.05) is 18.7 Å². The van der Waals surface area contributed by atoms with E-state index in [1.54, 1.807) is 0 Å². The van der Waals surface area contributed by atoms with Gasteiger partial charge >= 0.3 is 0 Å². The third-order valence-corrected chi connectivity index (χ3v) is 5.05. The van der Waals surface area contributed by atoms with Crippen LogP contribution in [0.3, 0.4) is 0 Å². The number of halogens is 1. The maximum Gasteiger partial charge on any atom is 0.225 e. The SMILES string of the molecule is CCC(N)(CC)CNC(=O)C1CCCN(C(=O)C2CC2)C1.Cl. The summed E-state index contributed by atoms with van der Waals surface area (Å²) < 4.78 is 0. The quantitative estimate of drug-likeness (QED) is 0.777. The number of nitrogens with two attached hydrogens (primary N) is 1. The molecule has 2 fully saturated rings. The van der Waals surface area contributed by atoms with Gasteiger partial charge in [0.05, 0.1) is 5.92 Å². The number of nitrogens with zero attached hydrogens (tertiary/aromatic N) is 1. The van der Waals surface area contributed by atoms with Crippen molar-refractivity contribution in [3.63, 3.8) is 0 Å². The lowest BCUT2D eigenvalue weighted by Gasteiger charge is -2.33. The fourth-order valence-corrected chi connectivity index (χ4v) is 2.89. The van der Waals surface area contributed by atoms with E-state index < -0.39 is 0 Å². The second-order valence-corrected chi connectivity index (χ2v) is 6.68. The normalized spacial score (nSPS) is 22.0. The van der Waals surface area contributed by atoms with Gasteiger partial charge in [-0.15, -0.1) is 12.4 Å². The summed E-state index contributed by atoms with van der Waals surface area (Å²) in [4.78, 5) is 26.3. The number of carbonyl (C=O) groups is 2. The molecule has 0 radical (unpaired) electrons. The lowest BCUT2D eigenvalue weighted by atomic mass is 9.93. The van der Waals surface area contributed by atoms with Crippen LogP contribution in [0.4, 0.5) is 0 Å². The lowest BCUT2D eigenvalue weighted by Crippen LogP contribution is -2.52. The highest BCUT2D eigenvalue weighted by Crippen LogP contribution is 2.32. The number of hydrogen-bond acceptors (Lipinski definition) is 3. The summed E-state index contributed by atoms with van der Waals surface area (Å²) in [6.07, 6.45) is 5.53. The Bertz CT molecular complexity index is 395. The molecule has 0 bridgehead atoms. The summed E-state index contributed by atoms with van der Waals surface area (Å²) in [6, 6.07) is 0. The topological polar surface area (TPSA) is 75.4 Å². The smallest absolute Gasteiger partial charge is 0.225 e. The molecule has 0 spiro atoms. The van der Waals surface area contributed by atoms with Crippen molar-refractivity contribution in [3.05, 3.63) is 0 Å². The molecule has 1 heterocycles. The summed E-state index contributed by atoms with van der Waals surface area (Å²) in [5, 5.41) is 3.00. The van der Waals surface area contributed by atoms with Crippen LogP contribution in [0.2, 0.25) is 0 Å². The van der Waals surface area contributed by atoms with Gasteiger partial charge in [-0.05, 0) is 38.5 Å². The van der Waals surface area contributed by atoms with E-state index in [1.165, 1.54) is 0 Å². The van der Waals surface area contributed by atoms with E-state index in [0.717, 1.165) is 45.1 Å². The van der Waals surface area contributed by atoms with Gasteiger partial charge in [0, 0.05) is 31.1 Å². The van der Waals surface area contributed by atoms with Crippen molar-refractivity contribution in [3.8, 4) is 0 Å². The van der Waals surface area contributed by atoms with Crippen molar-refractivity contribution < 1.29 is 9.59 Å². The molecule has 1 atom stereocenters. The van der Waals surface area contributed by atoms with E-state index in [4.69, 9.17) is 5.73 Å². The maximum atomic E-state index is 12.3. The Hall–Kier alpha value is -0.810. The van der Waals surface area contributed by atoms with Gasteiger partial charge in [0.1, 0.15) is 0 Å². The largest absolute Gasteiger partial charge is 0.354 e. The Labute approximate surface area is 139 Å². The monoisotopic (exact) mass is 331 g/mol. The van der Waals surface area contributed by atoms with E-state index in [2.05, 4.69) is 5.32 Å². The molecule has 3 N–H and O–H groups in total. The Kier molecular flexibility index (Phi) is 7.13. The van der Waals surface area contributed by atoms with Gasteiger partial charge in [-0.25, -0.2) is 0 Å². The molecule has 6 heteroatoms. The molecule has 1 aliphatic carbocycles.